The number of pyridine rings is 1. The molecule has 1 fully saturated rings. The van der Waals surface area contributed by atoms with E-state index < -0.39 is 27.3 Å². The van der Waals surface area contributed by atoms with Crippen LogP contribution >= 0.6 is 0 Å². The molecule has 2 aromatic heterocycles. The summed E-state index contributed by atoms with van der Waals surface area (Å²) >= 11 is 0. The van der Waals surface area contributed by atoms with Crippen molar-refractivity contribution in [2.24, 2.45) is 11.8 Å². The zero-order chi connectivity index (χ0) is 30.3. The average molecular weight is 601 g/mol. The van der Waals surface area contributed by atoms with E-state index in [2.05, 4.69) is 45.3 Å². The Morgan fingerprint density at radius 3 is 2.64 bits per heavy atom. The highest BCUT2D eigenvalue weighted by molar-refractivity contribution is 7.92. The third kappa shape index (κ3) is 8.14. The Morgan fingerprint density at radius 1 is 1.17 bits per heavy atom. The van der Waals surface area contributed by atoms with Crippen LogP contribution in [-0.2, 0) is 10.0 Å². The minimum absolute atomic E-state index is 0.181. The number of benzene rings is 1. The maximum Gasteiger partial charge on any atom is 0.232 e. The van der Waals surface area contributed by atoms with Gasteiger partial charge in [0.1, 0.15) is 11.4 Å². The lowest BCUT2D eigenvalue weighted by Gasteiger charge is -2.25. The highest BCUT2D eigenvalue weighted by Gasteiger charge is 2.26. The smallest absolute Gasteiger partial charge is 0.232 e. The highest BCUT2D eigenvalue weighted by atomic mass is 32.2. The fourth-order valence-corrected chi connectivity index (χ4v) is 6.41. The van der Waals surface area contributed by atoms with Gasteiger partial charge >= 0.3 is 0 Å². The monoisotopic (exact) mass is 600 g/mol. The number of anilines is 2. The summed E-state index contributed by atoms with van der Waals surface area (Å²) in [5.41, 5.74) is 2.46. The summed E-state index contributed by atoms with van der Waals surface area (Å²) in [6.45, 7) is 12.2. The molecular formula is C31H42F2N6O2S. The fraction of sp³-hybridized carbons (Fsp3) is 0.516. The predicted octanol–water partition coefficient (Wildman–Crippen LogP) is 7.14. The minimum Gasteiger partial charge on any atom is -0.370 e. The Morgan fingerprint density at radius 2 is 1.95 bits per heavy atom. The SMILES string of the molecule is C=C(CCCN(CCC)c1cncc(-c2cn(-c3c(F)ccc(NS(=O)(=O)CCC)c3F)nn2)c1)C(CC)CC1CC1. The highest BCUT2D eigenvalue weighted by Crippen LogP contribution is 2.39. The van der Waals surface area contributed by atoms with E-state index in [0.29, 0.717) is 23.6 Å². The molecular weight excluding hydrogens is 558 g/mol. The molecule has 3 aromatic rings. The molecule has 0 aliphatic heterocycles. The Kier molecular flexibility index (Phi) is 10.7. The van der Waals surface area contributed by atoms with Crippen LogP contribution in [0.2, 0.25) is 0 Å². The fourth-order valence-electron chi connectivity index (χ4n) is 5.28. The Balaban J connectivity index is 1.49. The van der Waals surface area contributed by atoms with Gasteiger partial charge in [0.25, 0.3) is 0 Å². The molecule has 1 saturated carbocycles. The van der Waals surface area contributed by atoms with Crippen LogP contribution in [-0.4, -0.2) is 47.2 Å². The van der Waals surface area contributed by atoms with Crippen LogP contribution in [0.3, 0.4) is 0 Å². The van der Waals surface area contributed by atoms with Crippen LogP contribution in [0.4, 0.5) is 20.2 Å². The molecule has 42 heavy (non-hydrogen) atoms. The summed E-state index contributed by atoms with van der Waals surface area (Å²) in [4.78, 5) is 6.71. The van der Waals surface area contributed by atoms with Crippen LogP contribution in [0, 0.1) is 23.5 Å². The molecule has 1 aromatic carbocycles. The topological polar surface area (TPSA) is 93.0 Å². The molecule has 1 atom stereocenters. The van der Waals surface area contributed by atoms with Gasteiger partial charge in [-0.05, 0) is 68.6 Å². The van der Waals surface area contributed by atoms with Gasteiger partial charge in [0.15, 0.2) is 11.6 Å². The van der Waals surface area contributed by atoms with E-state index in [4.69, 9.17) is 0 Å². The Labute approximate surface area is 248 Å². The lowest BCUT2D eigenvalue weighted by molar-refractivity contribution is 0.488. The number of aromatic nitrogens is 4. The Hall–Kier alpha value is -3.34. The molecule has 1 unspecified atom stereocenters. The summed E-state index contributed by atoms with van der Waals surface area (Å²) in [5, 5.41) is 8.08. The van der Waals surface area contributed by atoms with Crippen molar-refractivity contribution in [1.82, 2.24) is 20.0 Å². The number of nitrogens with zero attached hydrogens (tertiary/aromatic N) is 5. The molecule has 0 saturated heterocycles. The molecule has 4 rings (SSSR count). The van der Waals surface area contributed by atoms with Crippen molar-refractivity contribution < 1.29 is 17.2 Å². The molecule has 11 heteroatoms. The molecule has 1 N–H and O–H groups in total. The molecule has 2 heterocycles. The van der Waals surface area contributed by atoms with Crippen molar-refractivity contribution in [2.75, 3.05) is 28.5 Å². The summed E-state index contributed by atoms with van der Waals surface area (Å²) in [5.74, 6) is -0.648. The average Bonchev–Trinajstić information content (AvgIpc) is 3.66. The van der Waals surface area contributed by atoms with Gasteiger partial charge in [-0.15, -0.1) is 5.10 Å². The van der Waals surface area contributed by atoms with Crippen molar-refractivity contribution >= 4 is 21.4 Å². The van der Waals surface area contributed by atoms with Crippen LogP contribution in [0.25, 0.3) is 16.9 Å². The van der Waals surface area contributed by atoms with Crippen LogP contribution in [0.5, 0.6) is 0 Å². The number of hydrogen-bond donors (Lipinski definition) is 1. The second-order valence-corrected chi connectivity index (χ2v) is 13.0. The van der Waals surface area contributed by atoms with Gasteiger partial charge in [-0.2, -0.15) is 0 Å². The summed E-state index contributed by atoms with van der Waals surface area (Å²) in [6, 6.07) is 4.01. The first kappa shape index (κ1) is 31.6. The molecule has 0 amide bonds. The van der Waals surface area contributed by atoms with Gasteiger partial charge in [0.05, 0.1) is 29.5 Å². The van der Waals surface area contributed by atoms with Crippen molar-refractivity contribution in [3.05, 3.63) is 60.6 Å². The maximum absolute atomic E-state index is 15.3. The number of sulfonamides is 1. The van der Waals surface area contributed by atoms with E-state index >= 15 is 4.39 Å². The molecule has 0 spiro atoms. The Bertz CT molecular complexity index is 1470. The van der Waals surface area contributed by atoms with Crippen molar-refractivity contribution in [3.8, 4) is 16.9 Å². The number of nitrogens with one attached hydrogen (secondary N) is 1. The summed E-state index contributed by atoms with van der Waals surface area (Å²) in [7, 11) is -3.77. The predicted molar refractivity (Wildman–Crippen MR) is 164 cm³/mol. The van der Waals surface area contributed by atoms with Gasteiger partial charge in [-0.3, -0.25) is 9.71 Å². The lowest BCUT2D eigenvalue weighted by atomic mass is 9.89. The molecule has 228 valence electrons. The van der Waals surface area contributed by atoms with Gasteiger partial charge in [0, 0.05) is 24.8 Å². The quantitative estimate of drug-likeness (QED) is 0.166. The van der Waals surface area contributed by atoms with Gasteiger partial charge in [0.2, 0.25) is 10.0 Å². The first-order valence-corrected chi connectivity index (χ1v) is 16.6. The zero-order valence-corrected chi connectivity index (χ0v) is 25.6. The van der Waals surface area contributed by atoms with Gasteiger partial charge < -0.3 is 4.90 Å². The normalized spacial score (nSPS) is 14.1. The van der Waals surface area contributed by atoms with E-state index in [1.54, 1.807) is 13.1 Å². The van der Waals surface area contributed by atoms with Gasteiger partial charge in [-0.25, -0.2) is 21.9 Å². The van der Waals surface area contributed by atoms with Crippen LogP contribution in [0.15, 0.2) is 48.9 Å². The van der Waals surface area contributed by atoms with E-state index in [9.17, 15) is 12.8 Å². The number of hydrogen-bond acceptors (Lipinski definition) is 6. The second kappa shape index (κ2) is 14.2. The number of rotatable bonds is 17. The molecule has 0 bridgehead atoms. The second-order valence-electron chi connectivity index (χ2n) is 11.2. The third-order valence-corrected chi connectivity index (χ3v) is 9.19. The van der Waals surface area contributed by atoms with Gasteiger partial charge in [-0.1, -0.05) is 51.0 Å². The van der Waals surface area contributed by atoms with Crippen molar-refractivity contribution in [1.29, 1.82) is 0 Å². The summed E-state index contributed by atoms with van der Waals surface area (Å²) in [6.07, 6.45) is 13.3. The number of halogens is 2. The molecule has 1 aliphatic rings. The lowest BCUT2D eigenvalue weighted by Crippen LogP contribution is -2.25. The molecule has 0 radical (unpaired) electrons. The number of allylic oxidation sites excluding steroid dienone is 1. The van der Waals surface area contributed by atoms with Crippen molar-refractivity contribution in [2.45, 2.75) is 72.1 Å². The summed E-state index contributed by atoms with van der Waals surface area (Å²) < 4.78 is 57.5. The van der Waals surface area contributed by atoms with Crippen LogP contribution in [0.1, 0.15) is 72.1 Å². The zero-order valence-electron chi connectivity index (χ0n) is 24.8. The maximum atomic E-state index is 15.3. The molecule has 1 aliphatic carbocycles. The van der Waals surface area contributed by atoms with Crippen molar-refractivity contribution in [3.63, 3.8) is 0 Å². The standard InChI is InChI=1S/C31H42F2N6O2S/c1-5-14-38(15-8-9-22(4)24(7-3)17-23-10-11-23)26-18-25(19-34-20-26)29-21-39(37-35-29)31-27(32)12-13-28(30(31)33)36-42(40,41)16-6-2/h12-13,18-21,23-24,36H,4-11,14-17H2,1-3H3. The van der Waals surface area contributed by atoms with E-state index in [-0.39, 0.29) is 11.4 Å². The third-order valence-electron chi connectivity index (χ3n) is 7.72. The largest absolute Gasteiger partial charge is 0.370 e. The van der Waals surface area contributed by atoms with E-state index in [1.165, 1.54) is 31.0 Å². The first-order valence-electron chi connectivity index (χ1n) is 14.9. The minimum atomic E-state index is -3.77. The molecule has 8 nitrogen and oxygen atoms in total. The van der Waals surface area contributed by atoms with E-state index in [1.807, 2.05) is 12.3 Å². The van der Waals surface area contributed by atoms with Crippen LogP contribution < -0.4 is 9.62 Å². The first-order chi connectivity index (χ1) is 20.2. The van der Waals surface area contributed by atoms with E-state index in [0.717, 1.165) is 67.2 Å².